The first kappa shape index (κ1) is 23.2. The van der Waals surface area contributed by atoms with E-state index in [1.165, 1.54) is 49.8 Å². The van der Waals surface area contributed by atoms with E-state index in [0.717, 1.165) is 25.6 Å². The maximum absolute atomic E-state index is 12.9. The Hall–Kier alpha value is -1.06. The third kappa shape index (κ3) is 5.51. The number of carbonyl (C=O) groups excluding carboxylic acids is 1. The number of hydrogen-bond acceptors (Lipinski definition) is 2. The van der Waals surface area contributed by atoms with Crippen LogP contribution in [0.15, 0.2) is 24.3 Å². The fraction of sp³-hybridized carbons (Fsp3) is 0.708. The lowest BCUT2D eigenvalue weighted by Gasteiger charge is -2.39. The largest absolute Gasteiger partial charge is 0.310 e. The highest BCUT2D eigenvalue weighted by Gasteiger charge is 2.33. The van der Waals surface area contributed by atoms with Gasteiger partial charge in [0.05, 0.1) is 6.54 Å². The van der Waals surface area contributed by atoms with Gasteiger partial charge in [0.1, 0.15) is 0 Å². The predicted octanol–water partition coefficient (Wildman–Crippen LogP) is 5.88. The Morgan fingerprint density at radius 2 is 1.71 bits per heavy atom. The highest BCUT2D eigenvalue weighted by molar-refractivity contribution is 5.96. The van der Waals surface area contributed by atoms with Gasteiger partial charge < -0.3 is 4.90 Å². The summed E-state index contributed by atoms with van der Waals surface area (Å²) in [6.45, 7) is 12.8. The fourth-order valence-electron chi connectivity index (χ4n) is 4.90. The number of para-hydroxylation sites is 1. The molecule has 0 unspecified atom stereocenters. The number of anilines is 1. The van der Waals surface area contributed by atoms with Crippen LogP contribution in [-0.4, -0.2) is 37.0 Å². The van der Waals surface area contributed by atoms with Crippen LogP contribution < -0.4 is 4.90 Å². The fourth-order valence-corrected chi connectivity index (χ4v) is 4.90. The smallest absolute Gasteiger partial charge is 0.241 e. The molecule has 1 amide bonds. The Bertz CT molecular complexity index is 632. The number of rotatable bonds is 5. The lowest BCUT2D eigenvalue weighted by Crippen LogP contribution is -2.51. The van der Waals surface area contributed by atoms with Crippen LogP contribution in [0, 0.1) is 11.3 Å². The number of hydrogen-bond donors (Lipinski definition) is 0. The maximum atomic E-state index is 12.9. The zero-order valence-electron chi connectivity index (χ0n) is 18.2. The van der Waals surface area contributed by atoms with E-state index in [1.54, 1.807) is 0 Å². The second-order valence-corrected chi connectivity index (χ2v) is 9.65. The first-order valence-electron chi connectivity index (χ1n) is 11.0. The van der Waals surface area contributed by atoms with Gasteiger partial charge in [0.25, 0.3) is 0 Å². The number of halogens is 1. The Labute approximate surface area is 178 Å². The van der Waals surface area contributed by atoms with Gasteiger partial charge in [-0.1, -0.05) is 52.3 Å². The third-order valence-electron chi connectivity index (χ3n) is 6.75. The molecule has 0 bridgehead atoms. The lowest BCUT2D eigenvalue weighted by atomic mass is 9.68. The SMILES string of the molecule is CCCCN1CCN(c2ccccc2[C@H]2CC[C@@H](C(C)(C)C)CC2)C(=O)C1.Cl. The summed E-state index contributed by atoms with van der Waals surface area (Å²) >= 11 is 0. The average Bonchev–Trinajstić information content (AvgIpc) is 2.66. The minimum Gasteiger partial charge on any atom is -0.310 e. The zero-order valence-corrected chi connectivity index (χ0v) is 19.1. The summed E-state index contributed by atoms with van der Waals surface area (Å²) in [6.07, 6.45) is 7.49. The summed E-state index contributed by atoms with van der Waals surface area (Å²) in [7, 11) is 0. The van der Waals surface area contributed by atoms with Gasteiger partial charge in [-0.15, -0.1) is 12.4 Å². The van der Waals surface area contributed by atoms with E-state index < -0.39 is 0 Å². The van der Waals surface area contributed by atoms with E-state index in [2.05, 4.69) is 61.8 Å². The number of unbranched alkanes of at least 4 members (excludes halogenated alkanes) is 1. The van der Waals surface area contributed by atoms with Crippen molar-refractivity contribution in [2.24, 2.45) is 11.3 Å². The maximum Gasteiger partial charge on any atom is 0.241 e. The Morgan fingerprint density at radius 1 is 1.04 bits per heavy atom. The molecule has 0 atom stereocenters. The molecule has 0 aromatic heterocycles. The van der Waals surface area contributed by atoms with Gasteiger partial charge in [0, 0.05) is 18.8 Å². The molecule has 2 fully saturated rings. The van der Waals surface area contributed by atoms with Crippen LogP contribution in [0.4, 0.5) is 5.69 Å². The van der Waals surface area contributed by atoms with Crippen molar-refractivity contribution in [1.82, 2.24) is 4.90 Å². The van der Waals surface area contributed by atoms with Crippen molar-refractivity contribution in [3.63, 3.8) is 0 Å². The van der Waals surface area contributed by atoms with Crippen LogP contribution in [0.1, 0.15) is 77.7 Å². The monoisotopic (exact) mass is 406 g/mol. The van der Waals surface area contributed by atoms with Crippen LogP contribution in [-0.2, 0) is 4.79 Å². The quantitative estimate of drug-likeness (QED) is 0.609. The third-order valence-corrected chi connectivity index (χ3v) is 6.75. The van der Waals surface area contributed by atoms with Crippen LogP contribution in [0.2, 0.25) is 0 Å². The van der Waals surface area contributed by atoms with Crippen molar-refractivity contribution in [3.8, 4) is 0 Å². The van der Waals surface area contributed by atoms with Gasteiger partial charge >= 0.3 is 0 Å². The highest BCUT2D eigenvalue weighted by atomic mass is 35.5. The minimum atomic E-state index is 0. The molecule has 1 aromatic rings. The molecule has 0 N–H and O–H groups in total. The molecule has 1 saturated heterocycles. The van der Waals surface area contributed by atoms with Crippen molar-refractivity contribution in [1.29, 1.82) is 0 Å². The molecule has 1 aliphatic carbocycles. The number of nitrogens with zero attached hydrogens (tertiary/aromatic N) is 2. The Morgan fingerprint density at radius 3 is 2.32 bits per heavy atom. The second-order valence-electron chi connectivity index (χ2n) is 9.65. The molecule has 28 heavy (non-hydrogen) atoms. The molecule has 3 nitrogen and oxygen atoms in total. The summed E-state index contributed by atoms with van der Waals surface area (Å²) in [5.74, 6) is 1.70. The number of benzene rings is 1. The van der Waals surface area contributed by atoms with Crippen molar-refractivity contribution >= 4 is 24.0 Å². The van der Waals surface area contributed by atoms with Gasteiger partial charge in [-0.25, -0.2) is 0 Å². The molecule has 1 saturated carbocycles. The van der Waals surface area contributed by atoms with Crippen LogP contribution in [0.5, 0.6) is 0 Å². The molecule has 1 aliphatic heterocycles. The van der Waals surface area contributed by atoms with Crippen LogP contribution in [0.25, 0.3) is 0 Å². The van der Waals surface area contributed by atoms with Crippen LogP contribution >= 0.6 is 12.4 Å². The average molecular weight is 407 g/mol. The zero-order chi connectivity index (χ0) is 19.4. The van der Waals surface area contributed by atoms with E-state index in [9.17, 15) is 4.79 Å². The number of piperazine rings is 1. The number of amides is 1. The predicted molar refractivity (Wildman–Crippen MR) is 122 cm³/mol. The molecule has 4 heteroatoms. The second kappa shape index (κ2) is 10.1. The Kier molecular flexibility index (Phi) is 8.39. The van der Waals surface area contributed by atoms with E-state index in [-0.39, 0.29) is 18.3 Å². The molecule has 0 radical (unpaired) electrons. The van der Waals surface area contributed by atoms with Crippen molar-refractivity contribution in [3.05, 3.63) is 29.8 Å². The van der Waals surface area contributed by atoms with E-state index in [4.69, 9.17) is 0 Å². The van der Waals surface area contributed by atoms with E-state index in [1.807, 2.05) is 0 Å². The molecule has 1 aromatic carbocycles. The molecule has 3 rings (SSSR count). The molecular formula is C24H39ClN2O. The normalized spacial score (nSPS) is 24.1. The van der Waals surface area contributed by atoms with Gasteiger partial charge in [0.2, 0.25) is 5.91 Å². The summed E-state index contributed by atoms with van der Waals surface area (Å²) in [6, 6.07) is 8.69. The number of carbonyl (C=O) groups is 1. The van der Waals surface area contributed by atoms with Crippen molar-refractivity contribution < 1.29 is 4.79 Å². The summed E-state index contributed by atoms with van der Waals surface area (Å²) in [5.41, 5.74) is 2.99. The van der Waals surface area contributed by atoms with Gasteiger partial charge in [0.15, 0.2) is 0 Å². The Balaban J connectivity index is 0.00000280. The lowest BCUT2D eigenvalue weighted by molar-refractivity contribution is -0.121. The molecule has 1 heterocycles. The summed E-state index contributed by atoms with van der Waals surface area (Å²) < 4.78 is 0. The van der Waals surface area contributed by atoms with E-state index >= 15 is 0 Å². The van der Waals surface area contributed by atoms with Gasteiger partial charge in [-0.2, -0.15) is 0 Å². The molecule has 2 aliphatic rings. The van der Waals surface area contributed by atoms with Crippen molar-refractivity contribution in [2.45, 2.75) is 72.1 Å². The highest BCUT2D eigenvalue weighted by Crippen LogP contribution is 2.45. The molecule has 158 valence electrons. The molecule has 0 spiro atoms. The first-order chi connectivity index (χ1) is 12.9. The van der Waals surface area contributed by atoms with Gasteiger partial charge in [-0.3, -0.25) is 9.69 Å². The van der Waals surface area contributed by atoms with Gasteiger partial charge in [-0.05, 0) is 67.5 Å². The summed E-state index contributed by atoms with van der Waals surface area (Å²) in [5, 5.41) is 0. The van der Waals surface area contributed by atoms with E-state index in [0.29, 0.717) is 17.9 Å². The topological polar surface area (TPSA) is 23.6 Å². The molecular weight excluding hydrogens is 368 g/mol. The summed E-state index contributed by atoms with van der Waals surface area (Å²) in [4.78, 5) is 17.3. The standard InChI is InChI=1S/C24H38N2O.ClH/c1-5-6-15-25-16-17-26(23(27)18-25)22-10-8-7-9-21(22)19-11-13-20(14-12-19)24(2,3)4;/h7-10,19-20H,5-6,11-18H2,1-4H3;1H/t19-,20+;. The minimum absolute atomic E-state index is 0. The van der Waals surface area contributed by atoms with Crippen molar-refractivity contribution in [2.75, 3.05) is 31.1 Å². The van der Waals surface area contributed by atoms with Crippen LogP contribution in [0.3, 0.4) is 0 Å². The first-order valence-corrected chi connectivity index (χ1v) is 11.0.